The van der Waals surface area contributed by atoms with Crippen LogP contribution in [0.3, 0.4) is 0 Å². The maximum absolute atomic E-state index is 12.3. The predicted molar refractivity (Wildman–Crippen MR) is 99.6 cm³/mol. The fourth-order valence-corrected chi connectivity index (χ4v) is 2.72. The van der Waals surface area contributed by atoms with Gasteiger partial charge in [0.25, 0.3) is 0 Å². The Hall–Kier alpha value is -2.59. The van der Waals surface area contributed by atoms with Gasteiger partial charge in [-0.15, -0.1) is 6.58 Å². The average Bonchev–Trinajstić information content (AvgIpc) is 2.66. The third-order valence-electron chi connectivity index (χ3n) is 4.24. The zero-order chi connectivity index (χ0) is 18.2. The molecule has 3 atom stereocenters. The lowest BCUT2D eigenvalue weighted by atomic mass is 9.95. The number of rotatable bonds is 8. The molecular weight excluding hydrogens is 314 g/mol. The standard InChI is InChI=1S/C21H25NO3/c1-4-16(17-8-6-5-7-9-17)14-20(23)22-15(2)21(24)18-10-12-19(25-3)13-11-18/h4-13,15-16,21,24H,1,14H2,2-3H3,(H,22,23). The summed E-state index contributed by atoms with van der Waals surface area (Å²) in [6.07, 6.45) is 1.29. The van der Waals surface area contributed by atoms with Gasteiger partial charge in [-0.1, -0.05) is 48.5 Å². The van der Waals surface area contributed by atoms with E-state index in [2.05, 4.69) is 11.9 Å². The van der Waals surface area contributed by atoms with Crippen molar-refractivity contribution in [2.75, 3.05) is 7.11 Å². The molecule has 0 heterocycles. The van der Waals surface area contributed by atoms with Gasteiger partial charge < -0.3 is 15.2 Å². The van der Waals surface area contributed by atoms with E-state index in [1.165, 1.54) is 0 Å². The predicted octanol–water partition coefficient (Wildman–Crippen LogP) is 3.59. The number of carbonyl (C=O) groups is 1. The largest absolute Gasteiger partial charge is 0.497 e. The highest BCUT2D eigenvalue weighted by atomic mass is 16.5. The number of hydrogen-bond donors (Lipinski definition) is 2. The van der Waals surface area contributed by atoms with Crippen molar-refractivity contribution in [3.8, 4) is 5.75 Å². The third-order valence-corrected chi connectivity index (χ3v) is 4.24. The summed E-state index contributed by atoms with van der Waals surface area (Å²) in [5, 5.41) is 13.3. The first-order valence-corrected chi connectivity index (χ1v) is 8.34. The van der Waals surface area contributed by atoms with Gasteiger partial charge in [0, 0.05) is 12.3 Å². The van der Waals surface area contributed by atoms with Gasteiger partial charge in [-0.25, -0.2) is 0 Å². The van der Waals surface area contributed by atoms with Crippen LogP contribution in [0.25, 0.3) is 0 Å². The van der Waals surface area contributed by atoms with Crippen LogP contribution in [0.15, 0.2) is 67.3 Å². The van der Waals surface area contributed by atoms with Gasteiger partial charge in [0.15, 0.2) is 0 Å². The monoisotopic (exact) mass is 339 g/mol. The molecule has 132 valence electrons. The van der Waals surface area contributed by atoms with Crippen LogP contribution in [0.2, 0.25) is 0 Å². The number of methoxy groups -OCH3 is 1. The quantitative estimate of drug-likeness (QED) is 0.723. The van der Waals surface area contributed by atoms with Gasteiger partial charge in [-0.3, -0.25) is 4.79 Å². The van der Waals surface area contributed by atoms with Gasteiger partial charge in [-0.2, -0.15) is 0 Å². The molecule has 1 amide bonds. The third kappa shape index (κ3) is 5.19. The minimum atomic E-state index is -0.784. The molecule has 0 spiro atoms. The van der Waals surface area contributed by atoms with E-state index in [1.807, 2.05) is 30.3 Å². The second-order valence-electron chi connectivity index (χ2n) is 6.03. The molecule has 0 aliphatic heterocycles. The first kappa shape index (κ1) is 18.7. The van der Waals surface area contributed by atoms with Crippen LogP contribution in [-0.4, -0.2) is 24.2 Å². The van der Waals surface area contributed by atoms with Crippen LogP contribution >= 0.6 is 0 Å². The van der Waals surface area contributed by atoms with Crippen LogP contribution in [0.1, 0.15) is 36.5 Å². The van der Waals surface area contributed by atoms with Crippen molar-refractivity contribution < 1.29 is 14.6 Å². The molecular formula is C21H25NO3. The number of carbonyl (C=O) groups excluding carboxylic acids is 1. The Kier molecular flexibility index (Phi) is 6.78. The molecule has 0 bridgehead atoms. The van der Waals surface area contributed by atoms with E-state index in [0.29, 0.717) is 6.42 Å². The molecule has 3 unspecified atom stereocenters. The molecule has 0 fully saturated rings. The zero-order valence-corrected chi connectivity index (χ0v) is 14.7. The Morgan fingerprint density at radius 3 is 2.36 bits per heavy atom. The molecule has 2 rings (SSSR count). The van der Waals surface area contributed by atoms with Crippen LogP contribution in [0.5, 0.6) is 5.75 Å². The number of amides is 1. The maximum Gasteiger partial charge on any atom is 0.221 e. The van der Waals surface area contributed by atoms with E-state index in [9.17, 15) is 9.90 Å². The number of benzene rings is 2. The van der Waals surface area contributed by atoms with Crippen molar-refractivity contribution >= 4 is 5.91 Å². The van der Waals surface area contributed by atoms with Gasteiger partial charge >= 0.3 is 0 Å². The summed E-state index contributed by atoms with van der Waals surface area (Å²) in [4.78, 5) is 12.3. The summed E-state index contributed by atoms with van der Waals surface area (Å²) in [5.41, 5.74) is 1.79. The number of aliphatic hydroxyl groups is 1. The Balaban J connectivity index is 1.95. The molecule has 0 aromatic heterocycles. The molecule has 0 saturated carbocycles. The molecule has 0 aliphatic rings. The molecule has 2 N–H and O–H groups in total. The molecule has 4 heteroatoms. The lowest BCUT2D eigenvalue weighted by molar-refractivity contribution is -0.122. The van der Waals surface area contributed by atoms with E-state index in [-0.39, 0.29) is 11.8 Å². The summed E-state index contributed by atoms with van der Waals surface area (Å²) < 4.78 is 5.11. The summed E-state index contributed by atoms with van der Waals surface area (Å²) in [6, 6.07) is 16.6. The van der Waals surface area contributed by atoms with Gasteiger partial charge in [-0.05, 0) is 30.2 Å². The second-order valence-corrected chi connectivity index (χ2v) is 6.03. The lowest BCUT2D eigenvalue weighted by Gasteiger charge is -2.22. The Bertz CT molecular complexity index is 682. The Morgan fingerprint density at radius 1 is 1.16 bits per heavy atom. The normalized spacial score (nSPS) is 14.2. The van der Waals surface area contributed by atoms with Gasteiger partial charge in [0.1, 0.15) is 5.75 Å². The van der Waals surface area contributed by atoms with Crippen molar-refractivity contribution in [1.82, 2.24) is 5.32 Å². The van der Waals surface area contributed by atoms with Crippen LogP contribution < -0.4 is 10.1 Å². The van der Waals surface area contributed by atoms with E-state index >= 15 is 0 Å². The van der Waals surface area contributed by atoms with Crippen molar-refractivity contribution in [2.45, 2.75) is 31.4 Å². The fraction of sp³-hybridized carbons (Fsp3) is 0.286. The Morgan fingerprint density at radius 2 is 1.80 bits per heavy atom. The van der Waals surface area contributed by atoms with Gasteiger partial charge in [0.05, 0.1) is 19.3 Å². The summed E-state index contributed by atoms with van der Waals surface area (Å²) in [5.74, 6) is 0.560. The Labute approximate surface area is 149 Å². The summed E-state index contributed by atoms with van der Waals surface area (Å²) in [7, 11) is 1.59. The summed E-state index contributed by atoms with van der Waals surface area (Å²) in [6.45, 7) is 5.62. The first-order chi connectivity index (χ1) is 12.0. The first-order valence-electron chi connectivity index (χ1n) is 8.34. The molecule has 0 saturated heterocycles. The zero-order valence-electron chi connectivity index (χ0n) is 14.7. The minimum Gasteiger partial charge on any atom is -0.497 e. The van der Waals surface area contributed by atoms with E-state index in [0.717, 1.165) is 16.9 Å². The SMILES string of the molecule is C=CC(CC(=O)NC(C)C(O)c1ccc(OC)cc1)c1ccccc1. The minimum absolute atomic E-state index is 0.0495. The molecule has 2 aromatic carbocycles. The highest BCUT2D eigenvalue weighted by Crippen LogP contribution is 2.22. The van der Waals surface area contributed by atoms with Crippen molar-refractivity contribution in [3.63, 3.8) is 0 Å². The number of ether oxygens (including phenoxy) is 1. The van der Waals surface area contributed by atoms with Crippen molar-refractivity contribution in [2.24, 2.45) is 0 Å². The van der Waals surface area contributed by atoms with E-state index in [4.69, 9.17) is 4.74 Å². The topological polar surface area (TPSA) is 58.6 Å². The maximum atomic E-state index is 12.3. The van der Waals surface area contributed by atoms with Crippen LogP contribution in [0, 0.1) is 0 Å². The molecule has 4 nitrogen and oxygen atoms in total. The lowest BCUT2D eigenvalue weighted by Crippen LogP contribution is -2.37. The highest BCUT2D eigenvalue weighted by molar-refractivity contribution is 5.77. The molecule has 25 heavy (non-hydrogen) atoms. The molecule has 0 aliphatic carbocycles. The molecule has 2 aromatic rings. The highest BCUT2D eigenvalue weighted by Gasteiger charge is 2.20. The van der Waals surface area contributed by atoms with E-state index < -0.39 is 12.1 Å². The van der Waals surface area contributed by atoms with Crippen LogP contribution in [0.4, 0.5) is 0 Å². The number of nitrogens with one attached hydrogen (secondary N) is 1. The summed E-state index contributed by atoms with van der Waals surface area (Å²) >= 11 is 0. The van der Waals surface area contributed by atoms with Crippen LogP contribution in [-0.2, 0) is 4.79 Å². The fourth-order valence-electron chi connectivity index (χ4n) is 2.72. The number of allylic oxidation sites excluding steroid dienone is 1. The van der Waals surface area contributed by atoms with Crippen molar-refractivity contribution in [3.05, 3.63) is 78.4 Å². The number of hydrogen-bond acceptors (Lipinski definition) is 3. The average molecular weight is 339 g/mol. The molecule has 0 radical (unpaired) electrons. The van der Waals surface area contributed by atoms with Crippen molar-refractivity contribution in [1.29, 1.82) is 0 Å². The van der Waals surface area contributed by atoms with E-state index in [1.54, 1.807) is 44.4 Å². The van der Waals surface area contributed by atoms with Gasteiger partial charge in [0.2, 0.25) is 5.91 Å². The second kappa shape index (κ2) is 9.04. The number of aliphatic hydroxyl groups excluding tert-OH is 1. The smallest absolute Gasteiger partial charge is 0.221 e.